The molecule has 2 aliphatic carbocycles. The lowest BCUT2D eigenvalue weighted by atomic mass is 9.82. The summed E-state index contributed by atoms with van der Waals surface area (Å²) in [5.41, 5.74) is 0.896. The van der Waals surface area contributed by atoms with E-state index < -0.39 is 0 Å². The van der Waals surface area contributed by atoms with E-state index in [1.54, 1.807) is 0 Å². The number of hydrogen-bond donors (Lipinski definition) is 0. The summed E-state index contributed by atoms with van der Waals surface area (Å²) in [5.74, 6) is 2.88. The summed E-state index contributed by atoms with van der Waals surface area (Å²) in [6.07, 6.45) is 9.06. The topological polar surface area (TPSA) is 17.1 Å². The van der Waals surface area contributed by atoms with Crippen LogP contribution in [0.4, 0.5) is 0 Å². The fourth-order valence-corrected chi connectivity index (χ4v) is 4.03. The van der Waals surface area contributed by atoms with Gasteiger partial charge in [-0.05, 0) is 30.6 Å². The lowest BCUT2D eigenvalue weighted by Crippen LogP contribution is -2.12. The van der Waals surface area contributed by atoms with Crippen molar-refractivity contribution in [3.8, 4) is 0 Å². The molecule has 2 aliphatic rings. The largest absolute Gasteiger partial charge is 0.294 e. The molecule has 0 heterocycles. The van der Waals surface area contributed by atoms with Crippen LogP contribution in [-0.4, -0.2) is 5.78 Å². The minimum atomic E-state index is 0.347. The first-order valence-corrected chi connectivity index (χ1v) is 7.41. The Hall–Kier alpha value is -1.11. The van der Waals surface area contributed by atoms with Gasteiger partial charge in [0.2, 0.25) is 0 Å². The van der Waals surface area contributed by atoms with Crippen LogP contribution in [0.5, 0.6) is 0 Å². The molecule has 1 aromatic rings. The van der Waals surface area contributed by atoms with Crippen molar-refractivity contribution < 1.29 is 4.79 Å². The van der Waals surface area contributed by atoms with Crippen LogP contribution in [0.15, 0.2) is 30.3 Å². The second-order valence-electron chi connectivity index (χ2n) is 6.14. The predicted octanol–water partition coefficient (Wildman–Crippen LogP) is 4.48. The van der Waals surface area contributed by atoms with Gasteiger partial charge in [0.15, 0.2) is 5.78 Å². The fraction of sp³-hybridized carbons (Fsp3) is 0.588. The molecule has 1 heteroatoms. The van der Waals surface area contributed by atoms with Crippen LogP contribution < -0.4 is 0 Å². The van der Waals surface area contributed by atoms with Crippen molar-refractivity contribution in [3.63, 3.8) is 0 Å². The zero-order chi connectivity index (χ0) is 12.4. The van der Waals surface area contributed by atoms with Gasteiger partial charge in [-0.25, -0.2) is 0 Å². The number of ketones is 1. The van der Waals surface area contributed by atoms with Gasteiger partial charge in [-0.3, -0.25) is 4.79 Å². The molecule has 96 valence electrons. The molecule has 0 aromatic heterocycles. The number of benzene rings is 1. The minimum Gasteiger partial charge on any atom is -0.294 e. The number of fused-ring (bicyclic) bond motifs is 1. The van der Waals surface area contributed by atoms with Gasteiger partial charge in [0.25, 0.3) is 0 Å². The van der Waals surface area contributed by atoms with E-state index >= 15 is 0 Å². The zero-order valence-electron chi connectivity index (χ0n) is 11.0. The van der Waals surface area contributed by atoms with Crippen LogP contribution in [0.3, 0.4) is 0 Å². The van der Waals surface area contributed by atoms with E-state index in [9.17, 15) is 4.79 Å². The maximum absolute atomic E-state index is 12.2. The molecule has 0 radical (unpaired) electrons. The van der Waals surface area contributed by atoms with Gasteiger partial charge in [-0.2, -0.15) is 0 Å². The monoisotopic (exact) mass is 242 g/mol. The van der Waals surface area contributed by atoms with Crippen molar-refractivity contribution >= 4 is 5.78 Å². The van der Waals surface area contributed by atoms with Gasteiger partial charge in [-0.1, -0.05) is 56.0 Å². The molecule has 0 bridgehead atoms. The molecule has 2 unspecified atom stereocenters. The van der Waals surface area contributed by atoms with Gasteiger partial charge in [0, 0.05) is 12.0 Å². The van der Waals surface area contributed by atoms with Crippen LogP contribution in [0.1, 0.15) is 55.3 Å². The molecule has 2 atom stereocenters. The first-order chi connectivity index (χ1) is 8.83. The summed E-state index contributed by atoms with van der Waals surface area (Å²) in [6, 6.07) is 9.79. The van der Waals surface area contributed by atoms with E-state index in [4.69, 9.17) is 0 Å². The van der Waals surface area contributed by atoms with E-state index in [2.05, 4.69) is 0 Å². The second kappa shape index (κ2) is 5.26. The predicted molar refractivity (Wildman–Crippen MR) is 73.6 cm³/mol. The third kappa shape index (κ3) is 2.50. The summed E-state index contributed by atoms with van der Waals surface area (Å²) in [6.45, 7) is 0. The molecule has 0 N–H and O–H groups in total. The maximum atomic E-state index is 12.2. The molecule has 3 rings (SSSR count). The first kappa shape index (κ1) is 12.0. The van der Waals surface area contributed by atoms with E-state index in [0.717, 1.165) is 23.8 Å². The Kier molecular flexibility index (Phi) is 3.49. The molecule has 18 heavy (non-hydrogen) atoms. The summed E-state index contributed by atoms with van der Waals surface area (Å²) < 4.78 is 0. The van der Waals surface area contributed by atoms with Crippen LogP contribution >= 0.6 is 0 Å². The third-order valence-corrected chi connectivity index (χ3v) is 4.91. The quantitative estimate of drug-likeness (QED) is 0.714. The Morgan fingerprint density at radius 3 is 2.22 bits per heavy atom. The Morgan fingerprint density at radius 2 is 1.61 bits per heavy atom. The minimum absolute atomic E-state index is 0.347. The average molecular weight is 242 g/mol. The highest BCUT2D eigenvalue weighted by atomic mass is 16.1. The SMILES string of the molecule is O=C(CC1CC2CCCCC2C1)c1ccccc1. The van der Waals surface area contributed by atoms with Crippen LogP contribution in [-0.2, 0) is 0 Å². The average Bonchev–Trinajstić information content (AvgIpc) is 2.82. The molecular weight excluding hydrogens is 220 g/mol. The van der Waals surface area contributed by atoms with Crippen molar-refractivity contribution in [1.29, 1.82) is 0 Å². The van der Waals surface area contributed by atoms with Gasteiger partial charge >= 0.3 is 0 Å². The van der Waals surface area contributed by atoms with E-state index in [0.29, 0.717) is 11.7 Å². The highest BCUT2D eigenvalue weighted by Crippen LogP contribution is 2.46. The first-order valence-electron chi connectivity index (χ1n) is 7.41. The lowest BCUT2D eigenvalue weighted by Gasteiger charge is -2.24. The second-order valence-corrected chi connectivity index (χ2v) is 6.14. The van der Waals surface area contributed by atoms with Gasteiger partial charge in [-0.15, -0.1) is 0 Å². The molecule has 0 amide bonds. The fourth-order valence-electron chi connectivity index (χ4n) is 4.03. The van der Waals surface area contributed by atoms with Crippen LogP contribution in [0.2, 0.25) is 0 Å². The number of hydrogen-bond acceptors (Lipinski definition) is 1. The number of carbonyl (C=O) groups excluding carboxylic acids is 1. The smallest absolute Gasteiger partial charge is 0.163 e. The molecule has 1 nitrogen and oxygen atoms in total. The summed E-state index contributed by atoms with van der Waals surface area (Å²) in [5, 5.41) is 0. The molecule has 0 spiro atoms. The Balaban J connectivity index is 1.59. The molecule has 2 saturated carbocycles. The highest BCUT2D eigenvalue weighted by Gasteiger charge is 2.36. The number of Topliss-reactive ketones (excluding diaryl/α,β-unsaturated/α-hetero) is 1. The molecule has 0 saturated heterocycles. The summed E-state index contributed by atoms with van der Waals surface area (Å²) >= 11 is 0. The Morgan fingerprint density at radius 1 is 1.00 bits per heavy atom. The van der Waals surface area contributed by atoms with Crippen molar-refractivity contribution in [1.82, 2.24) is 0 Å². The van der Waals surface area contributed by atoms with Crippen molar-refractivity contribution in [3.05, 3.63) is 35.9 Å². The third-order valence-electron chi connectivity index (χ3n) is 4.91. The van der Waals surface area contributed by atoms with E-state index in [1.165, 1.54) is 38.5 Å². The van der Waals surface area contributed by atoms with E-state index in [1.807, 2.05) is 30.3 Å². The summed E-state index contributed by atoms with van der Waals surface area (Å²) in [7, 11) is 0. The number of rotatable bonds is 3. The molecular formula is C17H22O. The van der Waals surface area contributed by atoms with E-state index in [-0.39, 0.29) is 0 Å². The molecule has 1 aromatic carbocycles. The van der Waals surface area contributed by atoms with Gasteiger partial charge in [0.1, 0.15) is 0 Å². The highest BCUT2D eigenvalue weighted by molar-refractivity contribution is 5.96. The zero-order valence-corrected chi connectivity index (χ0v) is 11.0. The maximum Gasteiger partial charge on any atom is 0.163 e. The van der Waals surface area contributed by atoms with Gasteiger partial charge in [0.05, 0.1) is 0 Å². The Labute approximate surface area is 110 Å². The molecule has 2 fully saturated rings. The van der Waals surface area contributed by atoms with Crippen molar-refractivity contribution in [2.24, 2.45) is 17.8 Å². The summed E-state index contributed by atoms with van der Waals surface area (Å²) in [4.78, 5) is 12.2. The van der Waals surface area contributed by atoms with Crippen molar-refractivity contribution in [2.45, 2.75) is 44.9 Å². The van der Waals surface area contributed by atoms with Gasteiger partial charge < -0.3 is 0 Å². The van der Waals surface area contributed by atoms with Crippen molar-refractivity contribution in [2.75, 3.05) is 0 Å². The molecule has 0 aliphatic heterocycles. The normalized spacial score (nSPS) is 31.0. The van der Waals surface area contributed by atoms with Crippen LogP contribution in [0.25, 0.3) is 0 Å². The standard InChI is InChI=1S/C17H22O/c18-17(14-6-2-1-3-7-14)12-13-10-15-8-4-5-9-16(15)11-13/h1-3,6-7,13,15-16H,4-5,8-12H2. The van der Waals surface area contributed by atoms with Crippen LogP contribution in [0, 0.1) is 17.8 Å². The lowest BCUT2D eigenvalue weighted by molar-refractivity contribution is 0.0961. The Bertz CT molecular complexity index is 395. The number of carbonyl (C=O) groups is 1.